The zero-order valence-corrected chi connectivity index (χ0v) is 8.97. The summed E-state index contributed by atoms with van der Waals surface area (Å²) in [5.41, 5.74) is 4.48. The normalized spacial score (nSPS) is 20.9. The first-order valence-corrected chi connectivity index (χ1v) is 5.23. The minimum absolute atomic E-state index is 0.140. The molecule has 0 spiro atoms. The largest absolute Gasteiger partial charge is 0.418 e. The van der Waals surface area contributed by atoms with Gasteiger partial charge in [-0.25, -0.2) is 4.39 Å². The van der Waals surface area contributed by atoms with E-state index in [1.165, 1.54) is 12.1 Å². The quantitative estimate of drug-likeness (QED) is 0.611. The predicted octanol–water partition coefficient (Wildman–Crippen LogP) is 2.84. The van der Waals surface area contributed by atoms with Crippen LogP contribution >= 0.6 is 0 Å². The van der Waals surface area contributed by atoms with Crippen molar-refractivity contribution in [1.29, 1.82) is 0 Å². The Kier molecular flexibility index (Phi) is 2.89. The molecule has 0 bridgehead atoms. The maximum absolute atomic E-state index is 13.0. The van der Waals surface area contributed by atoms with Crippen LogP contribution in [0.1, 0.15) is 12.0 Å². The molecule has 94 valence electrons. The van der Waals surface area contributed by atoms with Crippen LogP contribution in [0.25, 0.3) is 0 Å². The van der Waals surface area contributed by atoms with E-state index in [0.717, 1.165) is 6.07 Å². The van der Waals surface area contributed by atoms with Crippen LogP contribution < -0.4 is 10.6 Å². The van der Waals surface area contributed by atoms with Gasteiger partial charge in [0.05, 0.1) is 5.56 Å². The molecule has 0 saturated carbocycles. The number of benzene rings is 1. The van der Waals surface area contributed by atoms with Crippen molar-refractivity contribution in [3.8, 4) is 0 Å². The first-order valence-electron chi connectivity index (χ1n) is 5.23. The fourth-order valence-corrected chi connectivity index (χ4v) is 1.94. The zero-order chi connectivity index (χ0) is 12.6. The van der Waals surface area contributed by atoms with Gasteiger partial charge in [0.25, 0.3) is 0 Å². The van der Waals surface area contributed by atoms with Crippen LogP contribution in [0.5, 0.6) is 0 Å². The van der Waals surface area contributed by atoms with Crippen molar-refractivity contribution in [3.63, 3.8) is 0 Å². The molecule has 1 aromatic carbocycles. The second-order valence-corrected chi connectivity index (χ2v) is 4.10. The first-order chi connectivity index (χ1) is 7.88. The summed E-state index contributed by atoms with van der Waals surface area (Å²) in [6.45, 7) is 0.573. The van der Waals surface area contributed by atoms with Crippen molar-refractivity contribution < 1.29 is 17.6 Å². The van der Waals surface area contributed by atoms with Gasteiger partial charge >= 0.3 is 6.18 Å². The number of anilines is 2. The van der Waals surface area contributed by atoms with Crippen LogP contribution in [0.2, 0.25) is 0 Å². The lowest BCUT2D eigenvalue weighted by Gasteiger charge is -2.20. The van der Waals surface area contributed by atoms with Gasteiger partial charge in [0.1, 0.15) is 6.17 Å². The fraction of sp³-hybridized carbons (Fsp3) is 0.455. The molecule has 0 aromatic heterocycles. The number of hydrogen-bond acceptors (Lipinski definition) is 2. The van der Waals surface area contributed by atoms with E-state index in [9.17, 15) is 17.6 Å². The van der Waals surface area contributed by atoms with Crippen LogP contribution in [-0.2, 0) is 6.18 Å². The van der Waals surface area contributed by atoms with E-state index in [1.807, 2.05) is 0 Å². The van der Waals surface area contributed by atoms with E-state index in [0.29, 0.717) is 18.7 Å². The Morgan fingerprint density at radius 3 is 2.53 bits per heavy atom. The van der Waals surface area contributed by atoms with E-state index >= 15 is 0 Å². The number of nitrogens with two attached hydrogens (primary N) is 1. The Hall–Kier alpha value is -1.46. The topological polar surface area (TPSA) is 29.3 Å². The van der Waals surface area contributed by atoms with Crippen LogP contribution in [0.4, 0.5) is 28.9 Å². The van der Waals surface area contributed by atoms with E-state index in [4.69, 9.17) is 5.73 Å². The van der Waals surface area contributed by atoms with Crippen molar-refractivity contribution in [2.45, 2.75) is 18.8 Å². The molecule has 2 nitrogen and oxygen atoms in total. The summed E-state index contributed by atoms with van der Waals surface area (Å²) in [4.78, 5) is 1.60. The molecule has 0 amide bonds. The summed E-state index contributed by atoms with van der Waals surface area (Å²) in [6, 6.07) is 3.68. The van der Waals surface area contributed by atoms with Crippen molar-refractivity contribution in [3.05, 3.63) is 23.8 Å². The van der Waals surface area contributed by atoms with Crippen molar-refractivity contribution in [1.82, 2.24) is 0 Å². The lowest BCUT2D eigenvalue weighted by molar-refractivity contribution is -0.136. The highest BCUT2D eigenvalue weighted by atomic mass is 19.4. The number of nitrogens with zero attached hydrogens (tertiary/aromatic N) is 1. The van der Waals surface area contributed by atoms with Crippen molar-refractivity contribution in [2.24, 2.45) is 0 Å². The Bertz CT molecular complexity index is 416. The highest BCUT2D eigenvalue weighted by molar-refractivity contribution is 5.60. The van der Waals surface area contributed by atoms with Gasteiger partial charge in [-0.3, -0.25) is 0 Å². The summed E-state index contributed by atoms with van der Waals surface area (Å²) in [5.74, 6) is 0. The molecule has 6 heteroatoms. The average Bonchev–Trinajstić information content (AvgIpc) is 2.64. The molecule has 1 aromatic rings. The smallest absolute Gasteiger partial charge is 0.398 e. The van der Waals surface area contributed by atoms with Gasteiger partial charge in [0.2, 0.25) is 0 Å². The summed E-state index contributed by atoms with van der Waals surface area (Å²) in [5, 5.41) is 0. The van der Waals surface area contributed by atoms with Gasteiger partial charge < -0.3 is 10.6 Å². The van der Waals surface area contributed by atoms with Gasteiger partial charge in [0.15, 0.2) is 0 Å². The average molecular weight is 248 g/mol. The van der Waals surface area contributed by atoms with Gasteiger partial charge in [-0.15, -0.1) is 0 Å². The van der Waals surface area contributed by atoms with Crippen LogP contribution in [0.15, 0.2) is 18.2 Å². The number of hydrogen-bond donors (Lipinski definition) is 1. The number of halogens is 4. The van der Waals surface area contributed by atoms with Crippen LogP contribution in [0, 0.1) is 0 Å². The molecule has 1 atom stereocenters. The molecule has 1 unspecified atom stereocenters. The summed E-state index contributed by atoms with van der Waals surface area (Å²) in [6.07, 6.45) is -5.09. The maximum Gasteiger partial charge on any atom is 0.418 e. The second kappa shape index (κ2) is 4.09. The van der Waals surface area contributed by atoms with Crippen molar-refractivity contribution >= 4 is 11.4 Å². The van der Waals surface area contributed by atoms with Gasteiger partial charge in [-0.1, -0.05) is 0 Å². The van der Waals surface area contributed by atoms with Gasteiger partial charge in [-0.05, 0) is 24.6 Å². The fourth-order valence-electron chi connectivity index (χ4n) is 1.94. The lowest BCUT2D eigenvalue weighted by Crippen LogP contribution is -2.21. The minimum atomic E-state index is -4.48. The lowest BCUT2D eigenvalue weighted by atomic mass is 10.1. The molecular weight excluding hydrogens is 236 g/mol. The minimum Gasteiger partial charge on any atom is -0.398 e. The summed E-state index contributed by atoms with van der Waals surface area (Å²) in [7, 11) is 0. The molecule has 1 aliphatic heterocycles. The number of nitrogen functional groups attached to an aromatic ring is 1. The van der Waals surface area contributed by atoms with Crippen molar-refractivity contribution in [2.75, 3.05) is 23.7 Å². The zero-order valence-electron chi connectivity index (χ0n) is 8.97. The van der Waals surface area contributed by atoms with E-state index in [1.54, 1.807) is 4.90 Å². The predicted molar refractivity (Wildman–Crippen MR) is 57.6 cm³/mol. The Morgan fingerprint density at radius 1 is 1.29 bits per heavy atom. The highest BCUT2D eigenvalue weighted by Crippen LogP contribution is 2.36. The van der Waals surface area contributed by atoms with Crippen LogP contribution in [0.3, 0.4) is 0 Å². The third-order valence-electron chi connectivity index (χ3n) is 2.84. The third-order valence-corrected chi connectivity index (χ3v) is 2.84. The molecule has 1 saturated heterocycles. The molecule has 1 aliphatic rings. The molecule has 2 rings (SSSR count). The molecule has 17 heavy (non-hydrogen) atoms. The number of rotatable bonds is 1. The van der Waals surface area contributed by atoms with Crippen LogP contribution in [-0.4, -0.2) is 19.3 Å². The van der Waals surface area contributed by atoms with E-state index in [-0.39, 0.29) is 12.2 Å². The first kappa shape index (κ1) is 12.0. The summed E-state index contributed by atoms with van der Waals surface area (Å²) < 4.78 is 50.8. The van der Waals surface area contributed by atoms with Gasteiger partial charge in [-0.2, -0.15) is 13.2 Å². The second-order valence-electron chi connectivity index (χ2n) is 4.10. The maximum atomic E-state index is 13.0. The third kappa shape index (κ3) is 2.45. The SMILES string of the molecule is Nc1ccc(N2CCC(F)C2)cc1C(F)(F)F. The Morgan fingerprint density at radius 2 is 2.00 bits per heavy atom. The monoisotopic (exact) mass is 248 g/mol. The standard InChI is InChI=1S/C11H12F4N2/c12-7-3-4-17(6-7)8-1-2-10(16)9(5-8)11(13,14)15/h1-2,5,7H,3-4,6,16H2. The number of alkyl halides is 4. The molecule has 1 heterocycles. The Labute approximate surface area is 96.0 Å². The van der Waals surface area contributed by atoms with E-state index in [2.05, 4.69) is 0 Å². The van der Waals surface area contributed by atoms with E-state index < -0.39 is 17.9 Å². The molecule has 2 N–H and O–H groups in total. The molecular formula is C11H12F4N2. The molecule has 0 radical (unpaired) electrons. The van der Waals surface area contributed by atoms with Gasteiger partial charge in [0, 0.05) is 24.5 Å². The molecule has 1 fully saturated rings. The molecule has 0 aliphatic carbocycles. The Balaban J connectivity index is 2.31. The summed E-state index contributed by atoms with van der Waals surface area (Å²) >= 11 is 0. The highest BCUT2D eigenvalue weighted by Gasteiger charge is 2.34.